The molecule has 1 atom stereocenters. The maximum Gasteiger partial charge on any atom is 0.320 e. The summed E-state index contributed by atoms with van der Waals surface area (Å²) in [5.74, 6) is -3.36. The number of cyclic esters (lactones) is 1. The molecule has 2 rings (SSSR count). The highest BCUT2D eigenvalue weighted by atomic mass is 16.5. The van der Waals surface area contributed by atoms with Crippen molar-refractivity contribution in [2.75, 3.05) is 6.61 Å². The number of aromatic nitrogens is 1. The topological polar surface area (TPSA) is 106 Å². The summed E-state index contributed by atoms with van der Waals surface area (Å²) in [6.45, 7) is 0.804. The normalized spacial score (nSPS) is 17.3. The minimum absolute atomic E-state index is 0.189. The van der Waals surface area contributed by atoms with Crippen molar-refractivity contribution in [1.82, 2.24) is 4.57 Å². The van der Waals surface area contributed by atoms with Gasteiger partial charge in [-0.25, -0.2) is 0 Å². The van der Waals surface area contributed by atoms with Crippen LogP contribution in [-0.4, -0.2) is 39.3 Å². The van der Waals surface area contributed by atoms with Crippen LogP contribution in [0.5, 0.6) is 0 Å². The monoisotopic (exact) mass is 269 g/mol. The summed E-state index contributed by atoms with van der Waals surface area (Å²) in [5, 5.41) is 16.6. The molecule has 0 spiro atoms. The standard InChI is InChI=1S/C7H9NO2.C5H6O4/c9-7(10)3-6-8-4-1-2-5-8;6-4(7)3-1-2-9-5(3)8/h1-2,4-5H,3,6H2,(H,9,10);3H,1-2H2,(H,6,7). The van der Waals surface area contributed by atoms with Gasteiger partial charge in [0, 0.05) is 25.4 Å². The van der Waals surface area contributed by atoms with E-state index in [1.165, 1.54) is 0 Å². The van der Waals surface area contributed by atoms with Crippen molar-refractivity contribution >= 4 is 17.9 Å². The molecular weight excluding hydrogens is 254 g/mol. The zero-order valence-corrected chi connectivity index (χ0v) is 10.2. The van der Waals surface area contributed by atoms with E-state index in [9.17, 15) is 14.4 Å². The fourth-order valence-corrected chi connectivity index (χ4v) is 1.46. The lowest BCUT2D eigenvalue weighted by Gasteiger charge is -1.96. The van der Waals surface area contributed by atoms with Gasteiger partial charge in [-0.05, 0) is 12.1 Å². The molecule has 0 radical (unpaired) electrons. The number of hydrogen-bond donors (Lipinski definition) is 2. The number of hydrogen-bond acceptors (Lipinski definition) is 4. The first-order chi connectivity index (χ1) is 9.00. The van der Waals surface area contributed by atoms with Crippen molar-refractivity contribution in [1.29, 1.82) is 0 Å². The van der Waals surface area contributed by atoms with Crippen LogP contribution in [0, 0.1) is 5.92 Å². The molecule has 0 aliphatic carbocycles. The Labute approximate surface area is 109 Å². The van der Waals surface area contributed by atoms with Crippen molar-refractivity contribution in [3.8, 4) is 0 Å². The first kappa shape index (κ1) is 14.7. The molecule has 2 N–H and O–H groups in total. The Balaban J connectivity index is 0.000000191. The van der Waals surface area contributed by atoms with Gasteiger partial charge in [-0.1, -0.05) is 0 Å². The number of nitrogens with zero attached hydrogens (tertiary/aromatic N) is 1. The van der Waals surface area contributed by atoms with Crippen LogP contribution < -0.4 is 0 Å². The molecule has 1 unspecified atom stereocenters. The summed E-state index contributed by atoms with van der Waals surface area (Å²) < 4.78 is 6.25. The van der Waals surface area contributed by atoms with E-state index in [4.69, 9.17) is 10.2 Å². The molecule has 7 nitrogen and oxygen atoms in total. The van der Waals surface area contributed by atoms with Crippen molar-refractivity contribution in [3.63, 3.8) is 0 Å². The maximum absolute atomic E-state index is 10.4. The van der Waals surface area contributed by atoms with Crippen LogP contribution in [0.4, 0.5) is 0 Å². The number of carboxylic acid groups (broad SMARTS) is 2. The van der Waals surface area contributed by atoms with Crippen LogP contribution in [-0.2, 0) is 25.7 Å². The Morgan fingerprint density at radius 2 is 1.95 bits per heavy atom. The second-order valence-electron chi connectivity index (χ2n) is 3.91. The molecule has 0 bridgehead atoms. The first-order valence-corrected chi connectivity index (χ1v) is 5.72. The highest BCUT2D eigenvalue weighted by Crippen LogP contribution is 2.13. The molecule has 0 amide bonds. The second kappa shape index (κ2) is 7.20. The average molecular weight is 269 g/mol. The zero-order valence-electron chi connectivity index (χ0n) is 10.2. The molecule has 1 aliphatic rings. The average Bonchev–Trinajstić information content (AvgIpc) is 2.97. The molecule has 1 aliphatic heterocycles. The summed E-state index contributed by atoms with van der Waals surface area (Å²) in [6.07, 6.45) is 4.20. The zero-order chi connectivity index (χ0) is 14.3. The van der Waals surface area contributed by atoms with E-state index in [2.05, 4.69) is 4.74 Å². The summed E-state index contributed by atoms with van der Waals surface area (Å²) >= 11 is 0. The summed E-state index contributed by atoms with van der Waals surface area (Å²) in [4.78, 5) is 30.6. The van der Waals surface area contributed by atoms with Crippen LogP contribution in [0.3, 0.4) is 0 Å². The Morgan fingerprint density at radius 1 is 1.32 bits per heavy atom. The predicted octanol–water partition coefficient (Wildman–Crippen LogP) is 0.597. The molecule has 0 aromatic carbocycles. The second-order valence-corrected chi connectivity index (χ2v) is 3.91. The van der Waals surface area contributed by atoms with E-state index in [0.29, 0.717) is 13.0 Å². The van der Waals surface area contributed by atoms with Crippen LogP contribution >= 0.6 is 0 Å². The Hall–Kier alpha value is -2.31. The molecule has 1 saturated heterocycles. The largest absolute Gasteiger partial charge is 0.481 e. The van der Waals surface area contributed by atoms with Gasteiger partial charge in [-0.3, -0.25) is 14.4 Å². The Bertz CT molecular complexity index is 439. The Morgan fingerprint density at radius 3 is 2.32 bits per heavy atom. The molecule has 7 heteroatoms. The van der Waals surface area contributed by atoms with Gasteiger partial charge in [0.2, 0.25) is 0 Å². The van der Waals surface area contributed by atoms with Crippen molar-refractivity contribution in [2.45, 2.75) is 19.4 Å². The molecule has 19 heavy (non-hydrogen) atoms. The minimum atomic E-state index is -1.09. The van der Waals surface area contributed by atoms with Crippen LogP contribution in [0.2, 0.25) is 0 Å². The Kier molecular flexibility index (Phi) is 5.59. The summed E-state index contributed by atoms with van der Waals surface area (Å²) in [6, 6.07) is 3.75. The smallest absolute Gasteiger partial charge is 0.320 e. The van der Waals surface area contributed by atoms with E-state index in [0.717, 1.165) is 0 Å². The molecule has 2 heterocycles. The summed E-state index contributed by atoms with van der Waals surface area (Å²) in [7, 11) is 0. The van der Waals surface area contributed by atoms with Gasteiger partial charge in [0.15, 0.2) is 5.92 Å². The van der Waals surface area contributed by atoms with Gasteiger partial charge in [0.1, 0.15) is 0 Å². The molecule has 1 aromatic rings. The third-order valence-electron chi connectivity index (χ3n) is 2.48. The maximum atomic E-state index is 10.4. The molecule has 104 valence electrons. The third kappa shape index (κ3) is 5.24. The van der Waals surface area contributed by atoms with Crippen LogP contribution in [0.1, 0.15) is 12.8 Å². The molecule has 1 fully saturated rings. The quantitative estimate of drug-likeness (QED) is 0.612. The van der Waals surface area contributed by atoms with Gasteiger partial charge in [-0.2, -0.15) is 0 Å². The highest BCUT2D eigenvalue weighted by Gasteiger charge is 2.32. The van der Waals surface area contributed by atoms with Crippen LogP contribution in [0.25, 0.3) is 0 Å². The van der Waals surface area contributed by atoms with Gasteiger partial charge in [-0.15, -0.1) is 0 Å². The van der Waals surface area contributed by atoms with Gasteiger partial charge >= 0.3 is 17.9 Å². The van der Waals surface area contributed by atoms with E-state index >= 15 is 0 Å². The number of esters is 1. The minimum Gasteiger partial charge on any atom is -0.481 e. The van der Waals surface area contributed by atoms with Crippen molar-refractivity contribution < 1.29 is 29.3 Å². The predicted molar refractivity (Wildman–Crippen MR) is 63.4 cm³/mol. The van der Waals surface area contributed by atoms with E-state index < -0.39 is 23.8 Å². The van der Waals surface area contributed by atoms with E-state index in [-0.39, 0.29) is 13.0 Å². The number of carboxylic acids is 2. The number of ether oxygens (including phenoxy) is 1. The van der Waals surface area contributed by atoms with E-state index in [1.807, 2.05) is 29.1 Å². The van der Waals surface area contributed by atoms with Crippen molar-refractivity contribution in [3.05, 3.63) is 24.5 Å². The number of aliphatic carboxylic acids is 2. The van der Waals surface area contributed by atoms with Gasteiger partial charge < -0.3 is 19.5 Å². The van der Waals surface area contributed by atoms with Crippen LogP contribution in [0.15, 0.2) is 24.5 Å². The van der Waals surface area contributed by atoms with E-state index in [1.54, 1.807) is 0 Å². The van der Waals surface area contributed by atoms with Gasteiger partial charge in [0.25, 0.3) is 0 Å². The fourth-order valence-electron chi connectivity index (χ4n) is 1.46. The SMILES string of the molecule is O=C(O)C1CCOC1=O.O=C(O)CCn1cccc1. The number of carbonyl (C=O) groups excluding carboxylic acids is 1. The number of rotatable bonds is 4. The lowest BCUT2D eigenvalue weighted by Crippen LogP contribution is -2.17. The van der Waals surface area contributed by atoms with Gasteiger partial charge in [0.05, 0.1) is 13.0 Å². The molecule has 1 aromatic heterocycles. The third-order valence-corrected chi connectivity index (χ3v) is 2.48. The lowest BCUT2D eigenvalue weighted by molar-refractivity contribution is -0.151. The number of carbonyl (C=O) groups is 3. The lowest BCUT2D eigenvalue weighted by atomic mass is 10.1. The molecular formula is C12H15NO6. The first-order valence-electron chi connectivity index (χ1n) is 5.72. The fraction of sp³-hybridized carbons (Fsp3) is 0.417. The molecule has 0 saturated carbocycles. The number of aryl methyl sites for hydroxylation is 1. The summed E-state index contributed by atoms with van der Waals surface area (Å²) in [5.41, 5.74) is 0. The van der Waals surface area contributed by atoms with Crippen molar-refractivity contribution in [2.24, 2.45) is 5.92 Å². The highest BCUT2D eigenvalue weighted by molar-refractivity contribution is 5.94.